The molecule has 0 spiro atoms. The van der Waals surface area contributed by atoms with Gasteiger partial charge in [0.05, 0.1) is 0 Å². The van der Waals surface area contributed by atoms with Crippen LogP contribution in [0.4, 0.5) is 0 Å². The van der Waals surface area contributed by atoms with E-state index in [1.54, 1.807) is 6.07 Å². The van der Waals surface area contributed by atoms with E-state index in [1.807, 2.05) is 6.07 Å². The van der Waals surface area contributed by atoms with Crippen LogP contribution in [0, 0.1) is 0 Å². The van der Waals surface area contributed by atoms with Crippen LogP contribution in [-0.2, 0) is 12.8 Å². The Labute approximate surface area is 102 Å². The lowest BCUT2D eigenvalue weighted by Gasteiger charge is -2.12. The zero-order chi connectivity index (χ0) is 12.0. The van der Waals surface area contributed by atoms with Gasteiger partial charge in [-0.1, -0.05) is 19.4 Å². The molecular weight excluding hydrogens is 224 g/mol. The second-order valence-electron chi connectivity index (χ2n) is 3.97. The van der Waals surface area contributed by atoms with Gasteiger partial charge in [-0.15, -0.1) is 11.6 Å². The summed E-state index contributed by atoms with van der Waals surface area (Å²) in [5.74, 6) is 0.561. The molecule has 0 saturated carbocycles. The van der Waals surface area contributed by atoms with Crippen LogP contribution in [0.3, 0.4) is 0 Å². The third-order valence-corrected chi connectivity index (χ3v) is 2.99. The molecule has 0 aliphatic carbocycles. The van der Waals surface area contributed by atoms with Crippen LogP contribution in [0.15, 0.2) is 12.1 Å². The summed E-state index contributed by atoms with van der Waals surface area (Å²) in [6.45, 7) is 2.14. The maximum Gasteiger partial charge on any atom is 0.160 e. The number of hydrogen-bond acceptors (Lipinski definition) is 2. The minimum Gasteiger partial charge on any atom is -0.504 e. The Hall–Kier alpha value is -0.890. The number of halogens is 1. The van der Waals surface area contributed by atoms with Gasteiger partial charge in [0.25, 0.3) is 0 Å². The fraction of sp³-hybridized carbons (Fsp3) is 0.538. The van der Waals surface area contributed by atoms with Crippen molar-refractivity contribution in [3.63, 3.8) is 0 Å². The number of phenolic OH excluding ortho intramolecular Hbond substituents is 2. The number of hydrogen-bond donors (Lipinski definition) is 2. The normalized spacial score (nSPS) is 10.6. The second-order valence-corrected chi connectivity index (χ2v) is 4.35. The van der Waals surface area contributed by atoms with E-state index in [2.05, 4.69) is 6.92 Å². The Kier molecular flexibility index (Phi) is 5.47. The van der Waals surface area contributed by atoms with Crippen LogP contribution in [0.5, 0.6) is 11.5 Å². The van der Waals surface area contributed by atoms with Crippen LogP contribution >= 0.6 is 11.6 Å². The summed E-state index contributed by atoms with van der Waals surface area (Å²) < 4.78 is 0. The number of aryl methyl sites for hydroxylation is 1. The van der Waals surface area contributed by atoms with Gasteiger partial charge in [0.2, 0.25) is 0 Å². The van der Waals surface area contributed by atoms with Crippen molar-refractivity contribution in [2.45, 2.75) is 39.0 Å². The number of rotatable bonds is 6. The maximum absolute atomic E-state index is 9.81. The number of benzene rings is 1. The number of phenols is 2. The van der Waals surface area contributed by atoms with E-state index < -0.39 is 0 Å². The highest BCUT2D eigenvalue weighted by Crippen LogP contribution is 2.33. The van der Waals surface area contributed by atoms with Gasteiger partial charge in [-0.05, 0) is 37.3 Å². The third-order valence-electron chi connectivity index (χ3n) is 2.72. The van der Waals surface area contributed by atoms with Crippen molar-refractivity contribution in [2.75, 3.05) is 5.88 Å². The summed E-state index contributed by atoms with van der Waals surface area (Å²) in [7, 11) is 0. The fourth-order valence-electron chi connectivity index (χ4n) is 1.79. The van der Waals surface area contributed by atoms with Crippen LogP contribution in [-0.4, -0.2) is 16.1 Å². The van der Waals surface area contributed by atoms with Gasteiger partial charge in [0.15, 0.2) is 11.5 Å². The molecule has 1 aromatic rings. The molecule has 1 aromatic carbocycles. The molecule has 90 valence electrons. The van der Waals surface area contributed by atoms with E-state index in [9.17, 15) is 10.2 Å². The Morgan fingerprint density at radius 3 is 2.50 bits per heavy atom. The van der Waals surface area contributed by atoms with Crippen molar-refractivity contribution < 1.29 is 10.2 Å². The lowest BCUT2D eigenvalue weighted by Crippen LogP contribution is -1.96. The van der Waals surface area contributed by atoms with Gasteiger partial charge in [-0.2, -0.15) is 0 Å². The van der Waals surface area contributed by atoms with Crippen LogP contribution in [0.1, 0.15) is 37.3 Å². The molecular formula is C13H19ClO2. The van der Waals surface area contributed by atoms with E-state index in [1.165, 1.54) is 0 Å². The van der Waals surface area contributed by atoms with Crippen molar-refractivity contribution in [2.24, 2.45) is 0 Å². The molecule has 0 aliphatic rings. The molecule has 2 N–H and O–H groups in total. The van der Waals surface area contributed by atoms with E-state index in [0.717, 1.165) is 43.2 Å². The minimum absolute atomic E-state index is 0.0266. The SMILES string of the molecule is CCCCc1ccc(O)c(O)c1CCCCl. The lowest BCUT2D eigenvalue weighted by molar-refractivity contribution is 0.398. The van der Waals surface area contributed by atoms with E-state index in [-0.39, 0.29) is 11.5 Å². The second kappa shape index (κ2) is 6.64. The highest BCUT2D eigenvalue weighted by atomic mass is 35.5. The quantitative estimate of drug-likeness (QED) is 0.591. The summed E-state index contributed by atoms with van der Waals surface area (Å²) in [5.41, 5.74) is 1.98. The standard InChI is InChI=1S/C13H19ClO2/c1-2-3-5-10-7-8-12(15)13(16)11(10)6-4-9-14/h7-8,15-16H,2-6,9H2,1H3. The van der Waals surface area contributed by atoms with E-state index in [4.69, 9.17) is 11.6 Å². The predicted molar refractivity (Wildman–Crippen MR) is 67.4 cm³/mol. The largest absolute Gasteiger partial charge is 0.504 e. The summed E-state index contributed by atoms with van der Waals surface area (Å²) in [6, 6.07) is 3.46. The Morgan fingerprint density at radius 2 is 1.88 bits per heavy atom. The molecule has 3 heteroatoms. The highest BCUT2D eigenvalue weighted by molar-refractivity contribution is 6.17. The van der Waals surface area contributed by atoms with E-state index in [0.29, 0.717) is 5.88 Å². The molecule has 0 saturated heterocycles. The van der Waals surface area contributed by atoms with Crippen molar-refractivity contribution >= 4 is 11.6 Å². The Balaban J connectivity index is 2.91. The topological polar surface area (TPSA) is 40.5 Å². The van der Waals surface area contributed by atoms with Crippen LogP contribution in [0.25, 0.3) is 0 Å². The van der Waals surface area contributed by atoms with Crippen molar-refractivity contribution in [3.8, 4) is 11.5 Å². The summed E-state index contributed by atoms with van der Waals surface area (Å²) in [4.78, 5) is 0. The Bertz CT molecular complexity index is 337. The predicted octanol–water partition coefficient (Wildman–Crippen LogP) is 3.61. The lowest BCUT2D eigenvalue weighted by atomic mass is 9.97. The third kappa shape index (κ3) is 3.31. The average molecular weight is 243 g/mol. The zero-order valence-corrected chi connectivity index (χ0v) is 10.4. The van der Waals surface area contributed by atoms with Crippen LogP contribution in [0.2, 0.25) is 0 Å². The van der Waals surface area contributed by atoms with Gasteiger partial charge in [0, 0.05) is 11.4 Å². The molecule has 0 heterocycles. The van der Waals surface area contributed by atoms with Gasteiger partial charge in [-0.25, -0.2) is 0 Å². The maximum atomic E-state index is 9.81. The molecule has 0 aromatic heterocycles. The fourth-order valence-corrected chi connectivity index (χ4v) is 1.92. The molecule has 0 bridgehead atoms. The van der Waals surface area contributed by atoms with Gasteiger partial charge in [-0.3, -0.25) is 0 Å². The first-order valence-corrected chi connectivity index (χ1v) is 6.32. The zero-order valence-electron chi connectivity index (χ0n) is 9.67. The molecule has 0 fully saturated rings. The smallest absolute Gasteiger partial charge is 0.160 e. The number of unbranched alkanes of at least 4 members (excludes halogenated alkanes) is 1. The molecule has 0 radical (unpaired) electrons. The molecule has 0 atom stereocenters. The van der Waals surface area contributed by atoms with Crippen molar-refractivity contribution in [1.82, 2.24) is 0 Å². The van der Waals surface area contributed by atoms with Gasteiger partial charge in [0.1, 0.15) is 0 Å². The molecule has 0 aliphatic heterocycles. The number of aromatic hydroxyl groups is 2. The highest BCUT2D eigenvalue weighted by Gasteiger charge is 2.11. The van der Waals surface area contributed by atoms with Crippen molar-refractivity contribution in [3.05, 3.63) is 23.3 Å². The van der Waals surface area contributed by atoms with Crippen LogP contribution < -0.4 is 0 Å². The minimum atomic E-state index is -0.0372. The molecule has 0 amide bonds. The average Bonchev–Trinajstić information content (AvgIpc) is 2.29. The molecule has 1 rings (SSSR count). The first-order valence-electron chi connectivity index (χ1n) is 5.79. The van der Waals surface area contributed by atoms with Crippen molar-refractivity contribution in [1.29, 1.82) is 0 Å². The number of alkyl halides is 1. The summed E-state index contributed by atoms with van der Waals surface area (Å²) in [6.07, 6.45) is 4.71. The Morgan fingerprint density at radius 1 is 1.12 bits per heavy atom. The van der Waals surface area contributed by atoms with Gasteiger partial charge < -0.3 is 10.2 Å². The molecule has 2 nitrogen and oxygen atoms in total. The molecule has 0 unspecified atom stereocenters. The monoisotopic (exact) mass is 242 g/mol. The van der Waals surface area contributed by atoms with Gasteiger partial charge >= 0.3 is 0 Å². The first kappa shape index (κ1) is 13.2. The summed E-state index contributed by atoms with van der Waals surface area (Å²) in [5, 5.41) is 19.3. The first-order chi connectivity index (χ1) is 7.70. The molecule has 16 heavy (non-hydrogen) atoms. The van der Waals surface area contributed by atoms with E-state index >= 15 is 0 Å². The summed E-state index contributed by atoms with van der Waals surface area (Å²) >= 11 is 5.66.